The molecule has 0 rings (SSSR count). The van der Waals surface area contributed by atoms with Crippen LogP contribution in [0.15, 0.2) is 0 Å². The van der Waals surface area contributed by atoms with Gasteiger partial charge in [-0.1, -0.05) is 13.8 Å². The molecule has 0 heterocycles. The molecule has 1 heteroatoms. The summed E-state index contributed by atoms with van der Waals surface area (Å²) in [5.74, 6) is 6.50. The molecule has 0 amide bonds. The van der Waals surface area contributed by atoms with E-state index < -0.39 is 0 Å². The molecule has 0 bridgehead atoms. The van der Waals surface area contributed by atoms with Crippen molar-refractivity contribution < 1.29 is 20.3 Å². The van der Waals surface area contributed by atoms with Crippen LogP contribution in [0.25, 0.3) is 0 Å². The summed E-state index contributed by atoms with van der Waals surface area (Å²) in [7, 11) is 0. The summed E-state index contributed by atoms with van der Waals surface area (Å²) in [6.45, 7) is 6.16. The molecule has 1 atom stereocenters. The molecule has 0 aliphatic heterocycles. The van der Waals surface area contributed by atoms with Crippen LogP contribution in [0.3, 0.4) is 0 Å². The van der Waals surface area contributed by atoms with E-state index in [0.29, 0.717) is 5.92 Å². The average molecular weight is 104 g/mol. The number of hydrogen-bond acceptors (Lipinski definition) is 0. The van der Waals surface area contributed by atoms with E-state index in [-0.39, 0.29) is 20.3 Å². The Balaban J connectivity index is -0.000000180. The predicted octanol–water partition coefficient (Wildman–Crippen LogP) is -0.828. The third-order valence-corrected chi connectivity index (χ3v) is 1.00. The van der Waals surface area contributed by atoms with Crippen LogP contribution >= 0.6 is 0 Å². The maximum Gasteiger partial charge on any atom is 1.00 e. The topological polar surface area (TPSA) is 0 Å². The molecule has 0 saturated carbocycles. The Bertz CT molecular complexity index is 90.8. The molecule has 0 N–H and O–H groups in total. The molecule has 0 radical (unpaired) electrons. The maximum atomic E-state index is 3.05. The van der Waals surface area contributed by atoms with Crippen LogP contribution < -0.4 is 18.9 Å². The van der Waals surface area contributed by atoms with Crippen molar-refractivity contribution in [1.82, 2.24) is 0 Å². The largest absolute Gasteiger partial charge is 1.00 e. The zero-order valence-electron chi connectivity index (χ0n) is 7.28. The van der Waals surface area contributed by atoms with Gasteiger partial charge in [-0.2, -0.15) is 0 Å². The van der Waals surface area contributed by atoms with Gasteiger partial charge in [0, 0.05) is 5.92 Å². The molecule has 8 heavy (non-hydrogen) atoms. The van der Waals surface area contributed by atoms with Gasteiger partial charge in [0.15, 0.2) is 0 Å². The standard InChI is InChI=1S/C7H12.Li.H/c1-4-6-7(3)5-2;;/h7H,5H2,1-3H3;;/q;+1;-1. The fourth-order valence-electron chi connectivity index (χ4n) is 0.348. The van der Waals surface area contributed by atoms with Gasteiger partial charge in [0.2, 0.25) is 0 Å². The predicted molar refractivity (Wildman–Crippen MR) is 34.0 cm³/mol. The number of hydrogen-bond donors (Lipinski definition) is 0. The fourth-order valence-corrected chi connectivity index (χ4v) is 0.348. The minimum absolute atomic E-state index is 0. The second kappa shape index (κ2) is 7.16. The minimum atomic E-state index is 0. The molecule has 0 aliphatic rings. The van der Waals surface area contributed by atoms with E-state index in [9.17, 15) is 0 Å². The van der Waals surface area contributed by atoms with E-state index in [0.717, 1.165) is 0 Å². The molecule has 0 saturated heterocycles. The first-order chi connectivity index (χ1) is 3.31. The maximum absolute atomic E-state index is 3.05. The van der Waals surface area contributed by atoms with Gasteiger partial charge in [0.25, 0.3) is 0 Å². The number of rotatable bonds is 1. The minimum Gasteiger partial charge on any atom is -1.00 e. The summed E-state index contributed by atoms with van der Waals surface area (Å²) < 4.78 is 0. The fraction of sp³-hybridized carbons (Fsp3) is 0.714. The Morgan fingerprint density at radius 2 is 2.12 bits per heavy atom. The van der Waals surface area contributed by atoms with Gasteiger partial charge in [-0.3, -0.25) is 0 Å². The summed E-state index contributed by atoms with van der Waals surface area (Å²) in [6, 6.07) is 0. The summed E-state index contributed by atoms with van der Waals surface area (Å²) >= 11 is 0. The van der Waals surface area contributed by atoms with Crippen molar-refractivity contribution in [2.75, 3.05) is 0 Å². The molecular formula is C7H13Li. The first-order valence-electron chi connectivity index (χ1n) is 2.73. The summed E-state index contributed by atoms with van der Waals surface area (Å²) in [6.07, 6.45) is 1.17. The van der Waals surface area contributed by atoms with Crippen molar-refractivity contribution in [1.29, 1.82) is 0 Å². The molecule has 0 aromatic rings. The van der Waals surface area contributed by atoms with E-state index in [2.05, 4.69) is 25.7 Å². The third-order valence-electron chi connectivity index (χ3n) is 1.00. The quantitative estimate of drug-likeness (QED) is 0.301. The Labute approximate surface area is 65.7 Å². The first-order valence-corrected chi connectivity index (χ1v) is 2.73. The van der Waals surface area contributed by atoms with Crippen LogP contribution in [0.5, 0.6) is 0 Å². The smallest absolute Gasteiger partial charge is 1.00 e. The van der Waals surface area contributed by atoms with Gasteiger partial charge >= 0.3 is 18.9 Å². The Hall–Kier alpha value is 0.157. The molecule has 1 unspecified atom stereocenters. The molecule has 0 aromatic heterocycles. The second-order valence-corrected chi connectivity index (χ2v) is 1.70. The van der Waals surface area contributed by atoms with Gasteiger partial charge in [0.05, 0.1) is 0 Å². The van der Waals surface area contributed by atoms with Crippen LogP contribution in [0.4, 0.5) is 0 Å². The van der Waals surface area contributed by atoms with Gasteiger partial charge in [-0.05, 0) is 13.3 Å². The molecule has 0 fully saturated rings. The zero-order valence-corrected chi connectivity index (χ0v) is 6.28. The monoisotopic (exact) mass is 104 g/mol. The summed E-state index contributed by atoms with van der Waals surface area (Å²) in [5, 5.41) is 0. The molecule has 0 aliphatic carbocycles. The second-order valence-electron chi connectivity index (χ2n) is 1.70. The molecular weight excluding hydrogens is 91.0 g/mol. The first kappa shape index (κ1) is 11.0. The van der Waals surface area contributed by atoms with Crippen LogP contribution in [-0.2, 0) is 0 Å². The van der Waals surface area contributed by atoms with E-state index in [4.69, 9.17) is 0 Å². The normalized spacial score (nSPS) is 10.4. The molecule has 0 aromatic carbocycles. The van der Waals surface area contributed by atoms with Gasteiger partial charge in [-0.25, -0.2) is 0 Å². The van der Waals surface area contributed by atoms with Crippen LogP contribution in [0.1, 0.15) is 28.6 Å². The van der Waals surface area contributed by atoms with Crippen molar-refractivity contribution in [3.63, 3.8) is 0 Å². The Morgan fingerprint density at radius 3 is 2.25 bits per heavy atom. The summed E-state index contributed by atoms with van der Waals surface area (Å²) in [5.41, 5.74) is 0. The molecule has 0 spiro atoms. The van der Waals surface area contributed by atoms with Crippen molar-refractivity contribution in [2.24, 2.45) is 5.92 Å². The van der Waals surface area contributed by atoms with E-state index >= 15 is 0 Å². The van der Waals surface area contributed by atoms with Crippen molar-refractivity contribution >= 4 is 0 Å². The van der Waals surface area contributed by atoms with Crippen molar-refractivity contribution in [2.45, 2.75) is 27.2 Å². The van der Waals surface area contributed by atoms with Gasteiger partial charge < -0.3 is 1.43 Å². The SMILES string of the molecule is CC#CC(C)CC.[H-].[Li+]. The van der Waals surface area contributed by atoms with Crippen LogP contribution in [-0.4, -0.2) is 0 Å². The molecule has 0 nitrogen and oxygen atoms in total. The van der Waals surface area contributed by atoms with Crippen molar-refractivity contribution in [3.05, 3.63) is 0 Å². The molecule has 42 valence electrons. The average Bonchev–Trinajstić information content (AvgIpc) is 1.68. The third kappa shape index (κ3) is 6.16. The van der Waals surface area contributed by atoms with Crippen LogP contribution in [0, 0.1) is 17.8 Å². The van der Waals surface area contributed by atoms with Crippen LogP contribution in [0.2, 0.25) is 0 Å². The summed E-state index contributed by atoms with van der Waals surface area (Å²) in [4.78, 5) is 0. The van der Waals surface area contributed by atoms with Crippen molar-refractivity contribution in [3.8, 4) is 11.8 Å². The Kier molecular flexibility index (Phi) is 9.86. The Morgan fingerprint density at radius 1 is 1.62 bits per heavy atom. The van der Waals surface area contributed by atoms with Gasteiger partial charge in [0.1, 0.15) is 0 Å². The van der Waals surface area contributed by atoms with E-state index in [1.54, 1.807) is 0 Å². The van der Waals surface area contributed by atoms with E-state index in [1.165, 1.54) is 6.42 Å². The van der Waals surface area contributed by atoms with E-state index in [1.807, 2.05) is 6.92 Å². The zero-order chi connectivity index (χ0) is 5.70. The van der Waals surface area contributed by atoms with Gasteiger partial charge in [-0.15, -0.1) is 11.8 Å².